The van der Waals surface area contributed by atoms with Gasteiger partial charge >= 0.3 is 0 Å². The second-order valence-electron chi connectivity index (χ2n) is 8.79. The molecule has 2 heterocycles. The molecule has 4 aromatic rings. The first-order chi connectivity index (χ1) is 19.5. The molecular formula is C30H29NO9. The van der Waals surface area contributed by atoms with Crippen LogP contribution in [0.5, 0.6) is 40.2 Å². The number of nitrogens with zero attached hydrogens (tertiary/aromatic N) is 1. The lowest BCUT2D eigenvalue weighted by molar-refractivity contribution is 0.0500. The Morgan fingerprint density at radius 2 is 1.48 bits per heavy atom. The van der Waals surface area contributed by atoms with E-state index < -0.39 is 5.92 Å². The molecule has 0 spiro atoms. The van der Waals surface area contributed by atoms with Crippen molar-refractivity contribution in [3.63, 3.8) is 0 Å². The highest BCUT2D eigenvalue weighted by Crippen LogP contribution is 2.43. The molecule has 1 aliphatic heterocycles. The molecule has 1 aliphatic rings. The molecule has 5 rings (SSSR count). The maximum Gasteiger partial charge on any atom is 0.231 e. The Labute approximate surface area is 231 Å². The van der Waals surface area contributed by atoms with Crippen LogP contribution in [0.1, 0.15) is 27.5 Å². The monoisotopic (exact) mass is 547 g/mol. The Bertz CT molecular complexity index is 1550. The molecule has 1 unspecified atom stereocenters. The summed E-state index contributed by atoms with van der Waals surface area (Å²) in [6.07, 6.45) is 1.66. The first-order valence-corrected chi connectivity index (χ1v) is 12.3. The van der Waals surface area contributed by atoms with Crippen molar-refractivity contribution in [2.75, 3.05) is 49.1 Å². The molecular weight excluding hydrogens is 518 g/mol. The van der Waals surface area contributed by atoms with Gasteiger partial charge in [0.05, 0.1) is 45.6 Å². The molecule has 0 amide bonds. The molecule has 0 aliphatic carbocycles. The zero-order valence-corrected chi connectivity index (χ0v) is 22.8. The van der Waals surface area contributed by atoms with Gasteiger partial charge in [-0.1, -0.05) is 6.07 Å². The van der Waals surface area contributed by atoms with Crippen molar-refractivity contribution >= 4 is 16.6 Å². The van der Waals surface area contributed by atoms with Gasteiger partial charge in [-0.2, -0.15) is 0 Å². The summed E-state index contributed by atoms with van der Waals surface area (Å²) in [7, 11) is 7.73. The van der Waals surface area contributed by atoms with Crippen molar-refractivity contribution in [3.05, 3.63) is 71.5 Å². The van der Waals surface area contributed by atoms with Crippen molar-refractivity contribution in [3.8, 4) is 40.2 Å². The van der Waals surface area contributed by atoms with Crippen molar-refractivity contribution in [2.45, 2.75) is 5.92 Å². The highest BCUT2D eigenvalue weighted by Gasteiger charge is 2.32. The van der Waals surface area contributed by atoms with E-state index in [0.717, 1.165) is 5.39 Å². The average molecular weight is 548 g/mol. The largest absolute Gasteiger partial charge is 0.493 e. The first-order valence-electron chi connectivity index (χ1n) is 12.3. The number of methoxy groups -OCH3 is 5. The summed E-state index contributed by atoms with van der Waals surface area (Å²) in [5, 5.41) is 1.54. The summed E-state index contributed by atoms with van der Waals surface area (Å²) < 4.78 is 44.1. The number of hydrogen-bond donors (Lipinski definition) is 0. The van der Waals surface area contributed by atoms with Gasteiger partial charge in [0.25, 0.3) is 0 Å². The van der Waals surface area contributed by atoms with Crippen LogP contribution in [0.2, 0.25) is 0 Å². The molecule has 10 heteroatoms. The van der Waals surface area contributed by atoms with Gasteiger partial charge in [0, 0.05) is 24.8 Å². The van der Waals surface area contributed by atoms with Crippen LogP contribution in [0.15, 0.2) is 54.7 Å². The second-order valence-corrected chi connectivity index (χ2v) is 8.79. The summed E-state index contributed by atoms with van der Waals surface area (Å²) in [4.78, 5) is 19.3. The minimum atomic E-state index is -0.883. The van der Waals surface area contributed by atoms with Crippen LogP contribution >= 0.6 is 0 Å². The van der Waals surface area contributed by atoms with Crippen molar-refractivity contribution < 1.29 is 42.7 Å². The number of hydrogen-bond acceptors (Lipinski definition) is 10. The van der Waals surface area contributed by atoms with Gasteiger partial charge in [0.2, 0.25) is 6.79 Å². The minimum absolute atomic E-state index is 0.0440. The van der Waals surface area contributed by atoms with E-state index in [-0.39, 0.29) is 24.9 Å². The minimum Gasteiger partial charge on any atom is -0.493 e. The van der Waals surface area contributed by atoms with Gasteiger partial charge in [0.15, 0.2) is 47.1 Å². The summed E-state index contributed by atoms with van der Waals surface area (Å²) in [6, 6.07) is 14.1. The lowest BCUT2D eigenvalue weighted by Crippen LogP contribution is -2.18. The Morgan fingerprint density at radius 3 is 2.17 bits per heavy atom. The molecule has 3 aromatic carbocycles. The fourth-order valence-corrected chi connectivity index (χ4v) is 4.73. The zero-order chi connectivity index (χ0) is 28.2. The SMILES string of the molecule is COCOc1cc2c(cc1C(=O)C(c1ccc(OC)c(OC)c1)c1nccc3cc(OC)c(OC)cc13)OCO2. The summed E-state index contributed by atoms with van der Waals surface area (Å²) in [5.74, 6) is 2.11. The average Bonchev–Trinajstić information content (AvgIpc) is 3.46. The number of ether oxygens (including phenoxy) is 8. The Kier molecular flexibility index (Phi) is 7.79. The molecule has 0 saturated carbocycles. The fraction of sp³-hybridized carbons (Fsp3) is 0.267. The Morgan fingerprint density at radius 1 is 0.800 bits per heavy atom. The third-order valence-electron chi connectivity index (χ3n) is 6.65. The Balaban J connectivity index is 1.75. The maximum atomic E-state index is 14.6. The molecule has 0 radical (unpaired) electrons. The standard InChI is InChI=1S/C30H29NO9/c1-33-15-38-22-14-27-26(39-16-40-27)13-20(22)30(32)28(18-6-7-21(34-2)23(11-18)35-3)29-19-12-25(37-5)24(36-4)10-17(19)8-9-31-29/h6-14,28H,15-16H2,1-5H3. The van der Waals surface area contributed by atoms with Crippen LogP contribution in [0, 0.1) is 0 Å². The number of rotatable bonds is 11. The number of aromatic nitrogens is 1. The van der Waals surface area contributed by atoms with Gasteiger partial charge in [-0.15, -0.1) is 0 Å². The highest BCUT2D eigenvalue weighted by atomic mass is 16.7. The zero-order valence-electron chi connectivity index (χ0n) is 22.8. The molecule has 40 heavy (non-hydrogen) atoms. The van der Waals surface area contributed by atoms with E-state index >= 15 is 0 Å². The quantitative estimate of drug-likeness (QED) is 0.188. The summed E-state index contributed by atoms with van der Waals surface area (Å²) in [5.41, 5.74) is 1.42. The number of benzene rings is 3. The van der Waals surface area contributed by atoms with Crippen LogP contribution in [-0.2, 0) is 4.74 Å². The van der Waals surface area contributed by atoms with Crippen LogP contribution < -0.4 is 33.2 Å². The topological polar surface area (TPSA) is 104 Å². The predicted octanol–water partition coefficient (Wildman–Crippen LogP) is 5.00. The molecule has 0 bridgehead atoms. The van der Waals surface area contributed by atoms with Crippen molar-refractivity contribution in [1.29, 1.82) is 0 Å². The predicted molar refractivity (Wildman–Crippen MR) is 146 cm³/mol. The maximum absolute atomic E-state index is 14.6. The lowest BCUT2D eigenvalue weighted by atomic mass is 9.85. The second kappa shape index (κ2) is 11.6. The number of fused-ring (bicyclic) bond motifs is 2. The van der Waals surface area contributed by atoms with Crippen LogP contribution in [0.4, 0.5) is 0 Å². The van der Waals surface area contributed by atoms with Crippen molar-refractivity contribution in [1.82, 2.24) is 4.98 Å². The van der Waals surface area contributed by atoms with E-state index in [1.165, 1.54) is 7.11 Å². The van der Waals surface area contributed by atoms with Gasteiger partial charge in [-0.3, -0.25) is 9.78 Å². The number of ketones is 1. The number of Topliss-reactive ketones (excluding diaryl/α,β-unsaturated/α-hetero) is 1. The normalized spacial score (nSPS) is 12.6. The third kappa shape index (κ3) is 4.89. The van der Waals surface area contributed by atoms with E-state index in [4.69, 9.17) is 42.9 Å². The van der Waals surface area contributed by atoms with Gasteiger partial charge in [-0.25, -0.2) is 0 Å². The van der Waals surface area contributed by atoms with Crippen LogP contribution in [-0.4, -0.2) is 59.9 Å². The molecule has 1 aromatic heterocycles. The van der Waals surface area contributed by atoms with E-state index in [0.29, 0.717) is 56.9 Å². The summed E-state index contributed by atoms with van der Waals surface area (Å²) in [6.45, 7) is -0.0211. The molecule has 208 valence electrons. The Hall–Kier alpha value is -4.70. The molecule has 10 nitrogen and oxygen atoms in total. The third-order valence-corrected chi connectivity index (χ3v) is 6.65. The highest BCUT2D eigenvalue weighted by molar-refractivity contribution is 6.07. The molecule has 1 atom stereocenters. The first kappa shape index (κ1) is 26.9. The molecule has 0 saturated heterocycles. The van der Waals surface area contributed by atoms with E-state index in [9.17, 15) is 4.79 Å². The number of carbonyl (C=O) groups is 1. The fourth-order valence-electron chi connectivity index (χ4n) is 4.73. The van der Waals surface area contributed by atoms with E-state index in [1.54, 1.807) is 58.9 Å². The van der Waals surface area contributed by atoms with E-state index in [1.807, 2.05) is 24.3 Å². The smallest absolute Gasteiger partial charge is 0.231 e. The van der Waals surface area contributed by atoms with Crippen LogP contribution in [0.25, 0.3) is 10.8 Å². The van der Waals surface area contributed by atoms with E-state index in [2.05, 4.69) is 0 Å². The lowest BCUT2D eigenvalue weighted by Gasteiger charge is -2.21. The van der Waals surface area contributed by atoms with Gasteiger partial charge < -0.3 is 37.9 Å². The molecule has 0 N–H and O–H groups in total. The van der Waals surface area contributed by atoms with Gasteiger partial charge in [0.1, 0.15) is 5.75 Å². The van der Waals surface area contributed by atoms with Crippen molar-refractivity contribution in [2.24, 2.45) is 0 Å². The number of pyridine rings is 1. The summed E-state index contributed by atoms with van der Waals surface area (Å²) >= 11 is 0. The number of carbonyl (C=O) groups excluding carboxylic acids is 1. The van der Waals surface area contributed by atoms with Crippen LogP contribution in [0.3, 0.4) is 0 Å². The van der Waals surface area contributed by atoms with Gasteiger partial charge in [-0.05, 0) is 47.3 Å². The molecule has 0 fully saturated rings.